The van der Waals surface area contributed by atoms with Crippen LogP contribution >= 0.6 is 11.8 Å². The molecule has 154 valence electrons. The number of ether oxygens (including phenoxy) is 1. The minimum atomic E-state index is -0.314. The van der Waals surface area contributed by atoms with E-state index in [1.165, 1.54) is 4.90 Å². The maximum absolute atomic E-state index is 13.1. The van der Waals surface area contributed by atoms with Crippen LogP contribution in [-0.4, -0.2) is 66.9 Å². The Morgan fingerprint density at radius 3 is 2.34 bits per heavy atom. The van der Waals surface area contributed by atoms with Crippen molar-refractivity contribution in [3.8, 4) is 5.75 Å². The fourth-order valence-electron chi connectivity index (χ4n) is 3.12. The third kappa shape index (κ3) is 5.98. The number of nitrogens with zero attached hydrogens (tertiary/aromatic N) is 2. The van der Waals surface area contributed by atoms with E-state index in [0.717, 1.165) is 30.2 Å². The molecule has 0 aromatic heterocycles. The van der Waals surface area contributed by atoms with E-state index in [1.807, 2.05) is 42.1 Å². The molecule has 0 spiro atoms. The fraction of sp³-hybridized carbons (Fsp3) is 0.364. The lowest BCUT2D eigenvalue weighted by Gasteiger charge is -2.33. The Bertz CT molecular complexity index is 806. The largest absolute Gasteiger partial charge is 0.484 e. The molecule has 1 saturated heterocycles. The Morgan fingerprint density at radius 1 is 1.07 bits per heavy atom. The summed E-state index contributed by atoms with van der Waals surface area (Å²) in [5.74, 6) is 2.51. The van der Waals surface area contributed by atoms with Crippen LogP contribution in [0, 0.1) is 0 Å². The quantitative estimate of drug-likeness (QED) is 0.756. The van der Waals surface area contributed by atoms with Crippen LogP contribution in [-0.2, 0) is 9.59 Å². The number of amides is 2. The average molecular weight is 414 g/mol. The van der Waals surface area contributed by atoms with Gasteiger partial charge in [0, 0.05) is 44.4 Å². The van der Waals surface area contributed by atoms with Crippen molar-refractivity contribution in [2.75, 3.05) is 50.6 Å². The van der Waals surface area contributed by atoms with Crippen LogP contribution < -0.4 is 10.1 Å². The molecule has 29 heavy (non-hydrogen) atoms. The summed E-state index contributed by atoms with van der Waals surface area (Å²) in [4.78, 5) is 28.5. The topological polar surface area (TPSA) is 61.9 Å². The van der Waals surface area contributed by atoms with Crippen LogP contribution in [0.1, 0.15) is 11.6 Å². The highest BCUT2D eigenvalue weighted by atomic mass is 32.2. The highest BCUT2D eigenvalue weighted by molar-refractivity contribution is 7.99. The van der Waals surface area contributed by atoms with Gasteiger partial charge in [-0.2, -0.15) is 11.8 Å². The Hall–Kier alpha value is -2.51. The van der Waals surface area contributed by atoms with Gasteiger partial charge in [0.2, 0.25) is 5.91 Å². The zero-order valence-corrected chi connectivity index (χ0v) is 17.7. The Balaban J connectivity index is 1.66. The molecule has 7 heteroatoms. The van der Waals surface area contributed by atoms with Gasteiger partial charge in [0.15, 0.2) is 6.61 Å². The Labute approximate surface area is 176 Å². The number of hydrogen-bond donors (Lipinski definition) is 1. The second-order valence-electron chi connectivity index (χ2n) is 7.05. The molecule has 0 aliphatic carbocycles. The molecule has 0 saturated carbocycles. The van der Waals surface area contributed by atoms with Gasteiger partial charge < -0.3 is 15.0 Å². The number of anilines is 1. The molecule has 1 N–H and O–H groups in total. The SMILES string of the molecule is CN(C)C(=O)COc1ccc(NC(=O)[C@H](c2ccccc2)N2CCSCC2)cc1. The molecule has 2 aromatic rings. The molecule has 1 aliphatic rings. The molecular weight excluding hydrogens is 386 g/mol. The maximum Gasteiger partial charge on any atom is 0.259 e. The van der Waals surface area contributed by atoms with Gasteiger partial charge in [-0.1, -0.05) is 30.3 Å². The van der Waals surface area contributed by atoms with Gasteiger partial charge in [0.25, 0.3) is 5.91 Å². The molecule has 0 unspecified atom stereocenters. The minimum absolute atomic E-state index is 0.0121. The number of carbonyl (C=O) groups excluding carboxylic acids is 2. The van der Waals surface area contributed by atoms with Gasteiger partial charge in [0.05, 0.1) is 0 Å². The smallest absolute Gasteiger partial charge is 0.259 e. The normalized spacial score (nSPS) is 15.4. The number of thioether (sulfide) groups is 1. The average Bonchev–Trinajstić information content (AvgIpc) is 2.74. The summed E-state index contributed by atoms with van der Waals surface area (Å²) in [5.41, 5.74) is 1.70. The molecule has 2 aromatic carbocycles. The van der Waals surface area contributed by atoms with Crippen LogP contribution in [0.5, 0.6) is 5.75 Å². The standard InChI is InChI=1S/C22H27N3O3S/c1-24(2)20(26)16-28-19-10-8-18(9-11-19)23-22(27)21(17-6-4-3-5-7-17)25-12-14-29-15-13-25/h3-11,21H,12-16H2,1-2H3,(H,23,27)/t21-/m0/s1. The van der Waals surface area contributed by atoms with E-state index in [1.54, 1.807) is 38.4 Å². The van der Waals surface area contributed by atoms with E-state index in [-0.39, 0.29) is 24.5 Å². The van der Waals surface area contributed by atoms with Gasteiger partial charge in [-0.25, -0.2) is 0 Å². The van der Waals surface area contributed by atoms with Gasteiger partial charge in [-0.15, -0.1) is 0 Å². The van der Waals surface area contributed by atoms with Crippen LogP contribution in [0.3, 0.4) is 0 Å². The predicted octanol–water partition coefficient (Wildman–Crippen LogP) is 2.88. The summed E-state index contributed by atoms with van der Waals surface area (Å²) < 4.78 is 5.49. The van der Waals surface area contributed by atoms with Gasteiger partial charge in [-0.3, -0.25) is 14.5 Å². The number of hydrogen-bond acceptors (Lipinski definition) is 5. The van der Waals surface area contributed by atoms with E-state index in [0.29, 0.717) is 11.4 Å². The van der Waals surface area contributed by atoms with Crippen molar-refractivity contribution in [3.05, 3.63) is 60.2 Å². The summed E-state index contributed by atoms with van der Waals surface area (Å²) in [5, 5.41) is 3.03. The first-order chi connectivity index (χ1) is 14.0. The predicted molar refractivity (Wildman–Crippen MR) is 117 cm³/mol. The molecule has 6 nitrogen and oxygen atoms in total. The lowest BCUT2D eigenvalue weighted by molar-refractivity contribution is -0.130. The van der Waals surface area contributed by atoms with Crippen LogP contribution in [0.4, 0.5) is 5.69 Å². The van der Waals surface area contributed by atoms with Crippen molar-refractivity contribution >= 4 is 29.3 Å². The van der Waals surface area contributed by atoms with E-state index < -0.39 is 0 Å². The second kappa shape index (κ2) is 10.3. The van der Waals surface area contributed by atoms with Crippen LogP contribution in [0.25, 0.3) is 0 Å². The highest BCUT2D eigenvalue weighted by Gasteiger charge is 2.28. The summed E-state index contributed by atoms with van der Waals surface area (Å²) in [6.07, 6.45) is 0. The fourth-order valence-corrected chi connectivity index (χ4v) is 4.05. The van der Waals surface area contributed by atoms with Crippen molar-refractivity contribution in [1.82, 2.24) is 9.80 Å². The zero-order chi connectivity index (χ0) is 20.6. The van der Waals surface area contributed by atoms with Gasteiger partial charge in [-0.05, 0) is 29.8 Å². The van der Waals surface area contributed by atoms with Crippen LogP contribution in [0.2, 0.25) is 0 Å². The first kappa shape index (κ1) is 21.2. The molecule has 1 heterocycles. The van der Waals surface area contributed by atoms with E-state index in [4.69, 9.17) is 4.74 Å². The molecular formula is C22H27N3O3S. The number of nitrogens with one attached hydrogen (secondary N) is 1. The van der Waals surface area contributed by atoms with Crippen molar-refractivity contribution in [2.24, 2.45) is 0 Å². The van der Waals surface area contributed by atoms with E-state index >= 15 is 0 Å². The molecule has 1 atom stereocenters. The molecule has 1 aliphatic heterocycles. The summed E-state index contributed by atoms with van der Waals surface area (Å²) >= 11 is 1.92. The molecule has 0 bridgehead atoms. The molecule has 1 fully saturated rings. The third-order valence-corrected chi connectivity index (χ3v) is 5.70. The Morgan fingerprint density at radius 2 is 1.72 bits per heavy atom. The van der Waals surface area contributed by atoms with Crippen LogP contribution in [0.15, 0.2) is 54.6 Å². The zero-order valence-electron chi connectivity index (χ0n) is 16.8. The highest BCUT2D eigenvalue weighted by Crippen LogP contribution is 2.26. The number of benzene rings is 2. The lowest BCUT2D eigenvalue weighted by Crippen LogP contribution is -2.41. The van der Waals surface area contributed by atoms with Gasteiger partial charge >= 0.3 is 0 Å². The monoisotopic (exact) mass is 413 g/mol. The second-order valence-corrected chi connectivity index (χ2v) is 8.28. The van der Waals surface area contributed by atoms with Crippen molar-refractivity contribution < 1.29 is 14.3 Å². The minimum Gasteiger partial charge on any atom is -0.484 e. The molecule has 2 amide bonds. The number of likely N-dealkylation sites (N-methyl/N-ethyl adjacent to an activating group) is 1. The third-order valence-electron chi connectivity index (χ3n) is 4.76. The Kier molecular flexibility index (Phi) is 7.55. The van der Waals surface area contributed by atoms with Crippen molar-refractivity contribution in [2.45, 2.75) is 6.04 Å². The van der Waals surface area contributed by atoms with Crippen molar-refractivity contribution in [3.63, 3.8) is 0 Å². The number of rotatable bonds is 7. The summed E-state index contributed by atoms with van der Waals surface area (Å²) in [7, 11) is 3.38. The van der Waals surface area contributed by atoms with Gasteiger partial charge in [0.1, 0.15) is 11.8 Å². The summed E-state index contributed by atoms with van der Waals surface area (Å²) in [6.45, 7) is 1.77. The maximum atomic E-state index is 13.1. The number of carbonyl (C=O) groups is 2. The molecule has 3 rings (SSSR count). The van der Waals surface area contributed by atoms with E-state index in [2.05, 4.69) is 10.2 Å². The first-order valence-corrected chi connectivity index (χ1v) is 10.8. The first-order valence-electron chi connectivity index (χ1n) is 9.65. The van der Waals surface area contributed by atoms with Crippen molar-refractivity contribution in [1.29, 1.82) is 0 Å². The molecule has 0 radical (unpaired) electrons. The lowest BCUT2D eigenvalue weighted by atomic mass is 10.0. The van der Waals surface area contributed by atoms with E-state index in [9.17, 15) is 9.59 Å². The summed E-state index contributed by atoms with van der Waals surface area (Å²) in [6, 6.07) is 16.7.